The summed E-state index contributed by atoms with van der Waals surface area (Å²) in [6.07, 6.45) is -4.89. The fourth-order valence-electron chi connectivity index (χ4n) is 4.07. The lowest BCUT2D eigenvalue weighted by Crippen LogP contribution is -2.52. The Morgan fingerprint density at radius 3 is 2.24 bits per heavy atom. The predicted octanol–water partition coefficient (Wildman–Crippen LogP) is 4.84. The van der Waals surface area contributed by atoms with E-state index < -0.39 is 18.0 Å². The van der Waals surface area contributed by atoms with Gasteiger partial charge in [0.25, 0.3) is 5.91 Å². The van der Waals surface area contributed by atoms with Crippen LogP contribution in [0, 0.1) is 0 Å². The number of rotatable bonds is 4. The molecule has 0 atom stereocenters. The van der Waals surface area contributed by atoms with Gasteiger partial charge in [-0.15, -0.1) is 0 Å². The molecule has 3 aromatic rings. The van der Waals surface area contributed by atoms with Crippen molar-refractivity contribution >= 4 is 62.9 Å². The molecule has 0 aliphatic carbocycles. The largest absolute Gasteiger partial charge is 0.496 e. The summed E-state index contributed by atoms with van der Waals surface area (Å²) in [4.78, 5) is 26.9. The van der Waals surface area contributed by atoms with Gasteiger partial charge < -0.3 is 19.9 Å². The van der Waals surface area contributed by atoms with E-state index in [-0.39, 0.29) is 31.3 Å². The smallest absolute Gasteiger partial charge is 0.471 e. The van der Waals surface area contributed by atoms with Gasteiger partial charge in [-0.1, -0.05) is 35.9 Å². The summed E-state index contributed by atoms with van der Waals surface area (Å²) in [5, 5.41) is 7.72. The third-order valence-corrected chi connectivity index (χ3v) is 6.40. The molecule has 1 heterocycles. The first-order valence-corrected chi connectivity index (χ1v) is 11.9. The minimum atomic E-state index is -4.89. The van der Waals surface area contributed by atoms with Crippen LogP contribution in [0.1, 0.15) is 10.4 Å². The van der Waals surface area contributed by atoms with E-state index in [0.717, 1.165) is 15.7 Å². The van der Waals surface area contributed by atoms with E-state index in [4.69, 9.17) is 28.6 Å². The molecule has 0 spiro atoms. The maximum Gasteiger partial charge on any atom is 0.471 e. The first kappa shape index (κ1) is 26.5. The van der Waals surface area contributed by atoms with Crippen LogP contribution in [-0.2, 0) is 4.79 Å². The summed E-state index contributed by atoms with van der Waals surface area (Å²) < 4.78 is 43.4. The van der Waals surface area contributed by atoms with Gasteiger partial charge in [0.15, 0.2) is 5.11 Å². The molecule has 0 aromatic heterocycles. The third-order valence-electron chi connectivity index (χ3n) is 5.90. The molecule has 1 fully saturated rings. The summed E-state index contributed by atoms with van der Waals surface area (Å²) >= 11 is 11.7. The van der Waals surface area contributed by atoms with Crippen molar-refractivity contribution in [3.8, 4) is 5.75 Å². The maximum absolute atomic E-state index is 12.9. The molecule has 1 aliphatic rings. The van der Waals surface area contributed by atoms with Crippen LogP contribution in [0.25, 0.3) is 10.8 Å². The molecular weight excluding hydrogens is 529 g/mol. The fourth-order valence-corrected chi connectivity index (χ4v) is 4.58. The molecule has 2 N–H and O–H groups in total. The summed E-state index contributed by atoms with van der Waals surface area (Å²) in [5.41, 5.74) is 1.44. The standard InChI is InChI=1S/C25H22ClF3N4O3S/c1-36-21-13-16-5-3-2-4-15(16)12-18(21)22(34)31-24(37)30-17-6-7-20(19(26)14-17)32-8-10-33(11-9-32)23(35)25(27,28)29/h2-7,12-14H,8-11H2,1H3,(H2,30,31,34,37). The lowest BCUT2D eigenvalue weighted by molar-refractivity contribution is -0.185. The Morgan fingerprint density at radius 2 is 1.65 bits per heavy atom. The average Bonchev–Trinajstić information content (AvgIpc) is 2.87. The zero-order valence-electron chi connectivity index (χ0n) is 19.6. The Balaban J connectivity index is 1.38. The molecule has 0 bridgehead atoms. The van der Waals surface area contributed by atoms with E-state index in [2.05, 4.69) is 10.6 Å². The highest BCUT2D eigenvalue weighted by Gasteiger charge is 2.43. The van der Waals surface area contributed by atoms with Gasteiger partial charge in [-0.2, -0.15) is 13.2 Å². The number of ether oxygens (including phenoxy) is 1. The van der Waals surface area contributed by atoms with Crippen LogP contribution < -0.4 is 20.3 Å². The highest BCUT2D eigenvalue weighted by Crippen LogP contribution is 2.31. The van der Waals surface area contributed by atoms with E-state index in [1.54, 1.807) is 35.2 Å². The maximum atomic E-state index is 12.9. The number of thiocarbonyl (C=S) groups is 1. The summed E-state index contributed by atoms with van der Waals surface area (Å²) in [6, 6.07) is 16.0. The molecule has 194 valence electrons. The monoisotopic (exact) mass is 550 g/mol. The quantitative estimate of drug-likeness (QED) is 0.453. The number of hydrogen-bond donors (Lipinski definition) is 2. The SMILES string of the molecule is COc1cc2ccccc2cc1C(=O)NC(=S)Nc1ccc(N2CCN(C(=O)C(F)(F)F)CC2)c(Cl)c1. The zero-order valence-corrected chi connectivity index (χ0v) is 21.1. The second-order valence-corrected chi connectivity index (χ2v) is 9.07. The van der Waals surface area contributed by atoms with E-state index >= 15 is 0 Å². The summed E-state index contributed by atoms with van der Waals surface area (Å²) in [5.74, 6) is -1.88. The number of methoxy groups -OCH3 is 1. The zero-order chi connectivity index (χ0) is 26.7. The van der Waals surface area contributed by atoms with Gasteiger partial charge >= 0.3 is 12.1 Å². The van der Waals surface area contributed by atoms with Crippen LogP contribution in [-0.4, -0.2) is 61.3 Å². The van der Waals surface area contributed by atoms with Crippen LogP contribution in [0.5, 0.6) is 5.75 Å². The number of hydrogen-bond acceptors (Lipinski definition) is 5. The van der Waals surface area contributed by atoms with Crippen LogP contribution in [0.2, 0.25) is 5.02 Å². The Morgan fingerprint density at radius 1 is 1.00 bits per heavy atom. The number of fused-ring (bicyclic) bond motifs is 1. The van der Waals surface area contributed by atoms with E-state index in [0.29, 0.717) is 27.7 Å². The average molecular weight is 551 g/mol. The van der Waals surface area contributed by atoms with E-state index in [9.17, 15) is 22.8 Å². The first-order chi connectivity index (χ1) is 17.6. The van der Waals surface area contributed by atoms with Crippen molar-refractivity contribution in [3.63, 3.8) is 0 Å². The molecule has 7 nitrogen and oxygen atoms in total. The molecule has 12 heteroatoms. The molecule has 0 saturated carbocycles. The number of anilines is 2. The molecule has 1 aliphatic heterocycles. The van der Waals surface area contributed by atoms with Crippen LogP contribution in [0.4, 0.5) is 24.5 Å². The molecular formula is C25H22ClF3N4O3S. The van der Waals surface area contributed by atoms with Crippen molar-refractivity contribution in [2.45, 2.75) is 6.18 Å². The highest BCUT2D eigenvalue weighted by molar-refractivity contribution is 7.80. The molecule has 4 rings (SSSR count). The van der Waals surface area contributed by atoms with Crippen molar-refractivity contribution in [2.75, 3.05) is 43.5 Å². The van der Waals surface area contributed by atoms with Gasteiger partial charge in [0, 0.05) is 31.9 Å². The van der Waals surface area contributed by atoms with Gasteiger partial charge in [-0.3, -0.25) is 14.9 Å². The molecule has 0 unspecified atom stereocenters. The Hall–Kier alpha value is -3.57. The Bertz CT molecular complexity index is 1360. The number of benzene rings is 3. The molecule has 0 radical (unpaired) electrons. The van der Waals surface area contributed by atoms with E-state index in [1.165, 1.54) is 7.11 Å². The number of amides is 2. The Kier molecular flexibility index (Phi) is 7.74. The number of nitrogens with zero attached hydrogens (tertiary/aromatic N) is 2. The van der Waals surface area contributed by atoms with Gasteiger partial charge in [-0.05, 0) is 53.3 Å². The lowest BCUT2D eigenvalue weighted by atomic mass is 10.1. The van der Waals surface area contributed by atoms with Crippen LogP contribution >= 0.6 is 23.8 Å². The summed E-state index contributed by atoms with van der Waals surface area (Å²) in [7, 11) is 1.48. The number of piperazine rings is 1. The predicted molar refractivity (Wildman–Crippen MR) is 140 cm³/mol. The fraction of sp³-hybridized carbons (Fsp3) is 0.240. The topological polar surface area (TPSA) is 73.9 Å². The number of carbonyl (C=O) groups excluding carboxylic acids is 2. The van der Waals surface area contributed by atoms with Gasteiger partial charge in [-0.25, -0.2) is 0 Å². The molecule has 2 amide bonds. The van der Waals surface area contributed by atoms with Gasteiger partial charge in [0.2, 0.25) is 0 Å². The second-order valence-electron chi connectivity index (χ2n) is 8.25. The number of carbonyl (C=O) groups is 2. The van der Waals surface area contributed by atoms with E-state index in [1.807, 2.05) is 24.3 Å². The molecule has 37 heavy (non-hydrogen) atoms. The molecule has 3 aromatic carbocycles. The van der Waals surface area contributed by atoms with Crippen molar-refractivity contribution < 1.29 is 27.5 Å². The second kappa shape index (κ2) is 10.8. The number of nitrogens with one attached hydrogen (secondary N) is 2. The normalized spacial score (nSPS) is 13.9. The van der Waals surface area contributed by atoms with Crippen LogP contribution in [0.15, 0.2) is 54.6 Å². The summed E-state index contributed by atoms with van der Waals surface area (Å²) in [6.45, 7) is 0.277. The van der Waals surface area contributed by atoms with Gasteiger partial charge in [0.05, 0.1) is 23.4 Å². The van der Waals surface area contributed by atoms with Crippen molar-refractivity contribution in [3.05, 3.63) is 65.2 Å². The van der Waals surface area contributed by atoms with Gasteiger partial charge in [0.1, 0.15) is 5.75 Å². The Labute approximate surface area is 221 Å². The van der Waals surface area contributed by atoms with Crippen molar-refractivity contribution in [1.82, 2.24) is 10.2 Å². The highest BCUT2D eigenvalue weighted by atomic mass is 35.5. The van der Waals surface area contributed by atoms with Crippen molar-refractivity contribution in [1.29, 1.82) is 0 Å². The first-order valence-electron chi connectivity index (χ1n) is 11.2. The van der Waals surface area contributed by atoms with Crippen LogP contribution in [0.3, 0.4) is 0 Å². The number of halogens is 4. The molecule has 1 saturated heterocycles. The number of alkyl halides is 3. The van der Waals surface area contributed by atoms with Crippen molar-refractivity contribution in [2.24, 2.45) is 0 Å². The minimum Gasteiger partial charge on any atom is -0.496 e. The third kappa shape index (κ3) is 6.05. The minimum absolute atomic E-state index is 0.0447. The lowest BCUT2D eigenvalue weighted by Gasteiger charge is -2.36.